The van der Waals surface area contributed by atoms with Gasteiger partial charge in [-0.3, -0.25) is 4.90 Å². The summed E-state index contributed by atoms with van der Waals surface area (Å²) in [5.41, 5.74) is 1.94. The highest BCUT2D eigenvalue weighted by Gasteiger charge is 2.14. The van der Waals surface area contributed by atoms with Crippen LogP contribution in [0.2, 0.25) is 0 Å². The third-order valence-corrected chi connectivity index (χ3v) is 5.36. The topological polar surface area (TPSA) is 37.0 Å². The summed E-state index contributed by atoms with van der Waals surface area (Å²) in [7, 11) is 0. The molecule has 7 heteroatoms. The summed E-state index contributed by atoms with van der Waals surface area (Å²) in [5, 5.41) is 3.98. The van der Waals surface area contributed by atoms with Crippen LogP contribution < -0.4 is 10.1 Å². The highest BCUT2D eigenvalue weighted by Crippen LogP contribution is 2.17. The highest BCUT2D eigenvalue weighted by atomic mass is 32.1. The molecule has 2 aromatic carbocycles. The predicted octanol–water partition coefficient (Wildman–Crippen LogP) is 4.15. The van der Waals surface area contributed by atoms with Gasteiger partial charge in [-0.2, -0.15) is 0 Å². The highest BCUT2D eigenvalue weighted by molar-refractivity contribution is 7.80. The van der Waals surface area contributed by atoms with Crippen LogP contribution in [0.1, 0.15) is 18.9 Å². The summed E-state index contributed by atoms with van der Waals surface area (Å²) in [4.78, 5) is 4.56. The molecule has 1 heterocycles. The number of hydrogen-bond acceptors (Lipinski definition) is 4. The van der Waals surface area contributed by atoms with Gasteiger partial charge in [0.1, 0.15) is 11.6 Å². The molecule has 5 nitrogen and oxygen atoms in total. The number of hydrogen-bond donors (Lipinski definition) is 1. The van der Waals surface area contributed by atoms with Gasteiger partial charge in [0.05, 0.1) is 19.8 Å². The van der Waals surface area contributed by atoms with E-state index in [1.165, 1.54) is 12.1 Å². The van der Waals surface area contributed by atoms with Crippen LogP contribution in [-0.4, -0.2) is 60.9 Å². The van der Waals surface area contributed by atoms with Crippen molar-refractivity contribution in [1.82, 2.24) is 9.80 Å². The normalized spacial score (nSPS) is 14.3. The molecular formula is C23H30FN3O2S. The minimum absolute atomic E-state index is 0.229. The van der Waals surface area contributed by atoms with Crippen molar-refractivity contribution >= 4 is 23.0 Å². The van der Waals surface area contributed by atoms with Crippen LogP contribution in [0, 0.1) is 5.82 Å². The molecule has 0 aromatic heterocycles. The monoisotopic (exact) mass is 431 g/mol. The molecule has 1 N–H and O–H groups in total. The zero-order valence-corrected chi connectivity index (χ0v) is 18.3. The Kier molecular flexibility index (Phi) is 8.86. The van der Waals surface area contributed by atoms with Crippen molar-refractivity contribution in [3.63, 3.8) is 0 Å². The summed E-state index contributed by atoms with van der Waals surface area (Å²) < 4.78 is 24.2. The van der Waals surface area contributed by atoms with Gasteiger partial charge in [-0.15, -0.1) is 0 Å². The standard InChI is InChI=1S/C23H30FN3O2S/c1-2-29-22-10-8-21(9-11-22)25-23(30)27(18-19-4-6-20(24)7-5-19)13-3-12-26-14-16-28-17-15-26/h4-11H,2-3,12-18H2,1H3,(H,25,30). The maximum atomic E-state index is 13.3. The molecule has 3 rings (SSSR count). The quantitative estimate of drug-likeness (QED) is 0.602. The summed E-state index contributed by atoms with van der Waals surface area (Å²) in [6.07, 6.45) is 0.992. The fourth-order valence-electron chi connectivity index (χ4n) is 3.38. The largest absolute Gasteiger partial charge is 0.494 e. The molecule has 1 aliphatic heterocycles. The zero-order chi connectivity index (χ0) is 21.2. The van der Waals surface area contributed by atoms with Gasteiger partial charge in [-0.25, -0.2) is 4.39 Å². The van der Waals surface area contributed by atoms with Crippen LogP contribution >= 0.6 is 12.2 Å². The molecule has 0 amide bonds. The summed E-state index contributed by atoms with van der Waals surface area (Å²) in [5.74, 6) is 0.607. The van der Waals surface area contributed by atoms with E-state index < -0.39 is 0 Å². The molecule has 162 valence electrons. The van der Waals surface area contributed by atoms with Gasteiger partial charge in [-0.1, -0.05) is 12.1 Å². The molecule has 0 aliphatic carbocycles. The lowest BCUT2D eigenvalue weighted by Crippen LogP contribution is -2.40. The van der Waals surface area contributed by atoms with E-state index in [4.69, 9.17) is 21.7 Å². The first-order valence-corrected chi connectivity index (χ1v) is 10.9. The van der Waals surface area contributed by atoms with Crippen LogP contribution in [0.4, 0.5) is 10.1 Å². The van der Waals surface area contributed by atoms with Crippen LogP contribution in [0.25, 0.3) is 0 Å². The van der Waals surface area contributed by atoms with Gasteiger partial charge in [-0.05, 0) is 67.5 Å². The number of nitrogens with one attached hydrogen (secondary N) is 1. The number of halogens is 1. The minimum atomic E-state index is -0.229. The summed E-state index contributed by atoms with van der Waals surface area (Å²) >= 11 is 5.71. The molecule has 30 heavy (non-hydrogen) atoms. The lowest BCUT2D eigenvalue weighted by Gasteiger charge is -2.29. The van der Waals surface area contributed by atoms with Gasteiger partial charge >= 0.3 is 0 Å². The van der Waals surface area contributed by atoms with Crippen molar-refractivity contribution in [3.05, 3.63) is 59.9 Å². The van der Waals surface area contributed by atoms with E-state index in [1.807, 2.05) is 43.3 Å². The summed E-state index contributed by atoms with van der Waals surface area (Å²) in [6, 6.07) is 14.4. The minimum Gasteiger partial charge on any atom is -0.494 e. The van der Waals surface area contributed by atoms with Gasteiger partial charge in [0, 0.05) is 38.4 Å². The van der Waals surface area contributed by atoms with E-state index in [2.05, 4.69) is 15.1 Å². The van der Waals surface area contributed by atoms with E-state index in [-0.39, 0.29) is 5.82 Å². The van der Waals surface area contributed by atoms with Crippen LogP contribution in [0.15, 0.2) is 48.5 Å². The van der Waals surface area contributed by atoms with Crippen molar-refractivity contribution in [2.75, 3.05) is 51.3 Å². The molecule has 0 bridgehead atoms. The SMILES string of the molecule is CCOc1ccc(NC(=S)N(CCCN2CCOCC2)Cc2ccc(F)cc2)cc1. The van der Waals surface area contributed by atoms with Gasteiger partial charge in [0.15, 0.2) is 5.11 Å². The maximum absolute atomic E-state index is 13.3. The summed E-state index contributed by atoms with van der Waals surface area (Å²) in [6.45, 7) is 8.62. The maximum Gasteiger partial charge on any atom is 0.173 e. The first-order valence-electron chi connectivity index (χ1n) is 10.5. The first kappa shape index (κ1) is 22.5. The molecule has 0 unspecified atom stereocenters. The fourth-order valence-corrected chi connectivity index (χ4v) is 3.65. The third kappa shape index (κ3) is 7.23. The van der Waals surface area contributed by atoms with Crippen LogP contribution in [-0.2, 0) is 11.3 Å². The van der Waals surface area contributed by atoms with Crippen molar-refractivity contribution < 1.29 is 13.9 Å². The van der Waals surface area contributed by atoms with Crippen molar-refractivity contribution in [2.24, 2.45) is 0 Å². The van der Waals surface area contributed by atoms with E-state index in [0.717, 1.165) is 62.8 Å². The zero-order valence-electron chi connectivity index (χ0n) is 17.5. The lowest BCUT2D eigenvalue weighted by atomic mass is 10.2. The molecular weight excluding hydrogens is 401 g/mol. The van der Waals surface area contributed by atoms with E-state index >= 15 is 0 Å². The molecule has 1 saturated heterocycles. The van der Waals surface area contributed by atoms with Gasteiger partial charge in [0.2, 0.25) is 0 Å². The number of morpholine rings is 1. The van der Waals surface area contributed by atoms with Crippen molar-refractivity contribution in [3.8, 4) is 5.75 Å². The third-order valence-electron chi connectivity index (χ3n) is 5.00. The lowest BCUT2D eigenvalue weighted by molar-refractivity contribution is 0.0368. The van der Waals surface area contributed by atoms with E-state index in [0.29, 0.717) is 18.3 Å². The molecule has 1 fully saturated rings. The predicted molar refractivity (Wildman–Crippen MR) is 123 cm³/mol. The van der Waals surface area contributed by atoms with Gasteiger partial charge < -0.3 is 19.7 Å². The Morgan fingerprint density at radius 3 is 2.50 bits per heavy atom. The first-order chi connectivity index (χ1) is 14.6. The number of thiocarbonyl (C=S) groups is 1. The van der Waals surface area contributed by atoms with Crippen molar-refractivity contribution in [2.45, 2.75) is 19.9 Å². The smallest absolute Gasteiger partial charge is 0.173 e. The Labute approximate surface area is 183 Å². The molecule has 0 saturated carbocycles. The van der Waals surface area contributed by atoms with Crippen LogP contribution in [0.5, 0.6) is 5.75 Å². The Hall–Kier alpha value is -2.22. The number of benzene rings is 2. The Bertz CT molecular complexity index is 780. The van der Waals surface area contributed by atoms with Gasteiger partial charge in [0.25, 0.3) is 0 Å². The number of ether oxygens (including phenoxy) is 2. The molecule has 2 aromatic rings. The van der Waals surface area contributed by atoms with Crippen molar-refractivity contribution in [1.29, 1.82) is 0 Å². The number of rotatable bonds is 9. The van der Waals surface area contributed by atoms with Crippen LogP contribution in [0.3, 0.4) is 0 Å². The number of anilines is 1. The second-order valence-corrected chi connectivity index (χ2v) is 7.63. The average Bonchev–Trinajstić information content (AvgIpc) is 2.77. The Balaban J connectivity index is 1.60. The molecule has 0 atom stereocenters. The molecule has 0 radical (unpaired) electrons. The van der Waals surface area contributed by atoms with E-state index in [1.54, 1.807) is 0 Å². The molecule has 0 spiro atoms. The Morgan fingerprint density at radius 2 is 1.83 bits per heavy atom. The second-order valence-electron chi connectivity index (χ2n) is 7.24. The molecule has 1 aliphatic rings. The second kappa shape index (κ2) is 11.8. The fraction of sp³-hybridized carbons (Fsp3) is 0.435. The average molecular weight is 432 g/mol. The number of nitrogens with zero attached hydrogens (tertiary/aromatic N) is 2. The van der Waals surface area contributed by atoms with E-state index in [9.17, 15) is 4.39 Å². The Morgan fingerprint density at radius 1 is 1.13 bits per heavy atom.